The molecule has 0 aromatic heterocycles. The number of amides is 1. The van der Waals surface area contributed by atoms with Gasteiger partial charge in [-0.1, -0.05) is 6.07 Å². The standard InChI is InChI=1S/C13H16BNO4/c1-19-11-7-9(14(17)18)6-8-4-5-15(10-2-3-10)13(16)12(8)11/h6-7,10,17-18H,2-5H2,1H3. The normalized spacial score (nSPS) is 18.3. The number of fused-ring (bicyclic) bond motifs is 1. The zero-order chi connectivity index (χ0) is 13.6. The molecule has 0 unspecified atom stereocenters. The van der Waals surface area contributed by atoms with Gasteiger partial charge in [-0.05, 0) is 36.4 Å². The number of ether oxygens (including phenoxy) is 1. The first-order valence-electron chi connectivity index (χ1n) is 6.49. The average molecular weight is 261 g/mol. The van der Waals surface area contributed by atoms with Crippen LogP contribution in [0.3, 0.4) is 0 Å². The van der Waals surface area contributed by atoms with Crippen molar-refractivity contribution in [1.29, 1.82) is 0 Å². The van der Waals surface area contributed by atoms with Crippen molar-refractivity contribution in [3.05, 3.63) is 23.3 Å². The molecule has 0 atom stereocenters. The maximum absolute atomic E-state index is 12.5. The summed E-state index contributed by atoms with van der Waals surface area (Å²) in [6, 6.07) is 3.59. The van der Waals surface area contributed by atoms with Gasteiger partial charge < -0.3 is 19.7 Å². The molecule has 19 heavy (non-hydrogen) atoms. The lowest BCUT2D eigenvalue weighted by atomic mass is 9.77. The Balaban J connectivity index is 2.04. The molecular weight excluding hydrogens is 245 g/mol. The SMILES string of the molecule is COc1cc(B(O)O)cc2c1C(=O)N(C1CC1)CC2. The lowest BCUT2D eigenvalue weighted by Crippen LogP contribution is -2.41. The van der Waals surface area contributed by atoms with Gasteiger partial charge >= 0.3 is 7.12 Å². The second kappa shape index (κ2) is 4.54. The first-order valence-corrected chi connectivity index (χ1v) is 6.49. The number of rotatable bonds is 3. The van der Waals surface area contributed by atoms with Crippen molar-refractivity contribution in [3.8, 4) is 5.75 Å². The molecule has 1 aromatic carbocycles. The van der Waals surface area contributed by atoms with Crippen LogP contribution in [0, 0.1) is 0 Å². The Kier molecular flexibility index (Phi) is 2.99. The van der Waals surface area contributed by atoms with Crippen molar-refractivity contribution in [2.75, 3.05) is 13.7 Å². The molecule has 2 aliphatic rings. The van der Waals surface area contributed by atoms with Gasteiger partial charge in [0.15, 0.2) is 0 Å². The lowest BCUT2D eigenvalue weighted by Gasteiger charge is -2.30. The molecule has 0 bridgehead atoms. The lowest BCUT2D eigenvalue weighted by molar-refractivity contribution is 0.0723. The molecule has 100 valence electrons. The Morgan fingerprint density at radius 2 is 2.11 bits per heavy atom. The van der Waals surface area contributed by atoms with Crippen LogP contribution in [0.1, 0.15) is 28.8 Å². The van der Waals surface area contributed by atoms with Crippen LogP contribution in [0.15, 0.2) is 12.1 Å². The summed E-state index contributed by atoms with van der Waals surface area (Å²) in [4.78, 5) is 14.4. The molecule has 0 saturated heterocycles. The van der Waals surface area contributed by atoms with E-state index >= 15 is 0 Å². The second-order valence-corrected chi connectivity index (χ2v) is 5.11. The maximum Gasteiger partial charge on any atom is 0.488 e. The summed E-state index contributed by atoms with van der Waals surface area (Å²) in [6.45, 7) is 0.699. The van der Waals surface area contributed by atoms with Crippen molar-refractivity contribution < 1.29 is 19.6 Å². The third-order valence-corrected chi connectivity index (χ3v) is 3.81. The van der Waals surface area contributed by atoms with Gasteiger partial charge in [0.2, 0.25) is 0 Å². The average Bonchev–Trinajstić information content (AvgIpc) is 3.22. The van der Waals surface area contributed by atoms with Crippen LogP contribution in [-0.2, 0) is 6.42 Å². The van der Waals surface area contributed by atoms with E-state index in [9.17, 15) is 14.8 Å². The van der Waals surface area contributed by atoms with Crippen molar-refractivity contribution in [3.63, 3.8) is 0 Å². The second-order valence-electron chi connectivity index (χ2n) is 5.11. The molecule has 0 spiro atoms. The van der Waals surface area contributed by atoms with E-state index in [1.165, 1.54) is 13.2 Å². The van der Waals surface area contributed by atoms with Gasteiger partial charge in [-0.2, -0.15) is 0 Å². The van der Waals surface area contributed by atoms with Gasteiger partial charge in [-0.3, -0.25) is 4.79 Å². The highest BCUT2D eigenvalue weighted by atomic mass is 16.5. The van der Waals surface area contributed by atoms with Crippen molar-refractivity contribution >= 4 is 18.5 Å². The largest absolute Gasteiger partial charge is 0.496 e. The molecule has 3 rings (SSSR count). The number of hydrogen-bond donors (Lipinski definition) is 2. The monoisotopic (exact) mass is 261 g/mol. The van der Waals surface area contributed by atoms with Gasteiger partial charge in [0.1, 0.15) is 5.75 Å². The third-order valence-electron chi connectivity index (χ3n) is 3.81. The Bertz CT molecular complexity index is 510. The maximum atomic E-state index is 12.5. The van der Waals surface area contributed by atoms with E-state index in [2.05, 4.69) is 0 Å². The summed E-state index contributed by atoms with van der Waals surface area (Å²) >= 11 is 0. The Morgan fingerprint density at radius 1 is 1.37 bits per heavy atom. The molecule has 1 aliphatic heterocycles. The highest BCUT2D eigenvalue weighted by Gasteiger charge is 2.37. The molecule has 1 aliphatic carbocycles. The van der Waals surface area contributed by atoms with Crippen LogP contribution in [0.4, 0.5) is 0 Å². The summed E-state index contributed by atoms with van der Waals surface area (Å²) in [5.41, 5.74) is 1.78. The highest BCUT2D eigenvalue weighted by molar-refractivity contribution is 6.58. The van der Waals surface area contributed by atoms with Crippen molar-refractivity contribution in [2.45, 2.75) is 25.3 Å². The highest BCUT2D eigenvalue weighted by Crippen LogP contribution is 2.34. The van der Waals surface area contributed by atoms with Crippen LogP contribution in [0.5, 0.6) is 5.75 Å². The Labute approximate surface area is 111 Å². The zero-order valence-corrected chi connectivity index (χ0v) is 10.8. The zero-order valence-electron chi connectivity index (χ0n) is 10.8. The van der Waals surface area contributed by atoms with Crippen molar-refractivity contribution in [1.82, 2.24) is 4.90 Å². The molecule has 1 saturated carbocycles. The smallest absolute Gasteiger partial charge is 0.488 e. The number of hydrogen-bond acceptors (Lipinski definition) is 4. The summed E-state index contributed by atoms with van der Waals surface area (Å²) in [5, 5.41) is 18.5. The molecule has 6 heteroatoms. The van der Waals surface area contributed by atoms with E-state index in [1.54, 1.807) is 6.07 Å². The van der Waals surface area contributed by atoms with Gasteiger partial charge in [-0.25, -0.2) is 0 Å². The molecule has 5 nitrogen and oxygen atoms in total. The van der Waals surface area contributed by atoms with Crippen molar-refractivity contribution in [2.24, 2.45) is 0 Å². The van der Waals surface area contributed by atoms with Gasteiger partial charge in [0.25, 0.3) is 5.91 Å². The topological polar surface area (TPSA) is 70.0 Å². The van der Waals surface area contributed by atoms with E-state index in [0.29, 0.717) is 29.4 Å². The fraction of sp³-hybridized carbons (Fsp3) is 0.462. The van der Waals surface area contributed by atoms with E-state index in [0.717, 1.165) is 24.8 Å². The quantitative estimate of drug-likeness (QED) is 0.722. The summed E-state index contributed by atoms with van der Waals surface area (Å²) < 4.78 is 5.25. The molecule has 0 radical (unpaired) electrons. The minimum Gasteiger partial charge on any atom is -0.496 e. The molecule has 1 amide bonds. The van der Waals surface area contributed by atoms with E-state index < -0.39 is 7.12 Å². The van der Waals surface area contributed by atoms with Crippen LogP contribution < -0.4 is 10.2 Å². The number of carbonyl (C=O) groups is 1. The van der Waals surface area contributed by atoms with E-state index in [4.69, 9.17) is 4.74 Å². The Hall–Kier alpha value is -1.53. The number of benzene rings is 1. The van der Waals surface area contributed by atoms with Crippen LogP contribution in [0.2, 0.25) is 0 Å². The van der Waals surface area contributed by atoms with Gasteiger partial charge in [-0.15, -0.1) is 0 Å². The first-order chi connectivity index (χ1) is 9.11. The fourth-order valence-corrected chi connectivity index (χ4v) is 2.67. The van der Waals surface area contributed by atoms with Gasteiger partial charge in [0, 0.05) is 12.6 Å². The fourth-order valence-electron chi connectivity index (χ4n) is 2.67. The predicted molar refractivity (Wildman–Crippen MR) is 70.6 cm³/mol. The van der Waals surface area contributed by atoms with Crippen LogP contribution in [0.25, 0.3) is 0 Å². The third kappa shape index (κ3) is 2.11. The summed E-state index contributed by atoms with van der Waals surface area (Å²) in [6.07, 6.45) is 2.89. The van der Waals surface area contributed by atoms with Gasteiger partial charge in [0.05, 0.1) is 12.7 Å². The molecule has 2 N–H and O–H groups in total. The van der Waals surface area contributed by atoms with E-state index in [1.807, 2.05) is 4.90 Å². The number of nitrogens with zero attached hydrogens (tertiary/aromatic N) is 1. The predicted octanol–water partition coefficient (Wildman–Crippen LogP) is -0.464. The number of carbonyl (C=O) groups excluding carboxylic acids is 1. The van der Waals surface area contributed by atoms with Crippen LogP contribution in [-0.4, -0.2) is 47.7 Å². The van der Waals surface area contributed by atoms with E-state index in [-0.39, 0.29) is 5.91 Å². The number of methoxy groups -OCH3 is 1. The van der Waals surface area contributed by atoms with Crippen LogP contribution >= 0.6 is 0 Å². The minimum absolute atomic E-state index is 0.000389. The minimum atomic E-state index is -1.55. The molecule has 1 heterocycles. The summed E-state index contributed by atoms with van der Waals surface area (Å²) in [7, 11) is -0.0530. The molecule has 1 aromatic rings. The first kappa shape index (κ1) is 12.5. The molecule has 1 fully saturated rings. The molecular formula is C13H16BNO4. The Morgan fingerprint density at radius 3 is 2.68 bits per heavy atom. The summed E-state index contributed by atoms with van der Waals surface area (Å²) in [5.74, 6) is 0.426.